The maximum atomic E-state index is 13.1. The van der Waals surface area contributed by atoms with E-state index in [1.165, 1.54) is 12.3 Å². The molecule has 1 aromatic carbocycles. The summed E-state index contributed by atoms with van der Waals surface area (Å²) in [6.45, 7) is 3.64. The van der Waals surface area contributed by atoms with E-state index in [0.717, 1.165) is 5.56 Å². The van der Waals surface area contributed by atoms with Gasteiger partial charge in [-0.1, -0.05) is 35.5 Å². The van der Waals surface area contributed by atoms with Gasteiger partial charge in [-0.3, -0.25) is 19.2 Å². The molecule has 200 valence electrons. The molecule has 0 unspecified atom stereocenters. The van der Waals surface area contributed by atoms with Crippen LogP contribution in [0.5, 0.6) is 0 Å². The highest BCUT2D eigenvalue weighted by Gasteiger charge is 2.28. The fourth-order valence-electron chi connectivity index (χ4n) is 4.04. The molecular formula is C26H30N6O6. The monoisotopic (exact) mass is 522 g/mol. The van der Waals surface area contributed by atoms with Crippen LogP contribution in [0.3, 0.4) is 0 Å². The van der Waals surface area contributed by atoms with Gasteiger partial charge in [0.15, 0.2) is 11.4 Å². The zero-order valence-corrected chi connectivity index (χ0v) is 21.2. The first-order valence-electron chi connectivity index (χ1n) is 12.4. The van der Waals surface area contributed by atoms with Crippen molar-refractivity contribution in [2.24, 2.45) is 0 Å². The Morgan fingerprint density at radius 2 is 1.89 bits per heavy atom. The van der Waals surface area contributed by atoms with E-state index in [0.29, 0.717) is 38.0 Å². The third kappa shape index (κ3) is 6.84. The molecule has 0 saturated heterocycles. The molecule has 0 saturated carbocycles. The number of nitrogens with zero attached hydrogens (tertiary/aromatic N) is 2. The van der Waals surface area contributed by atoms with Crippen molar-refractivity contribution in [2.75, 3.05) is 6.54 Å². The van der Waals surface area contributed by atoms with Gasteiger partial charge in [0, 0.05) is 19.0 Å². The van der Waals surface area contributed by atoms with E-state index in [1.807, 2.05) is 30.3 Å². The molecule has 0 radical (unpaired) electrons. The number of carbonyl (C=O) groups excluding carboxylic acids is 4. The first-order chi connectivity index (χ1) is 18.3. The number of aromatic nitrogens is 2. The first-order valence-corrected chi connectivity index (χ1v) is 12.4. The summed E-state index contributed by atoms with van der Waals surface area (Å²) in [5, 5.41) is 14.8. The normalized spacial score (nSPS) is 21.2. The number of benzene rings is 1. The van der Waals surface area contributed by atoms with E-state index in [1.54, 1.807) is 13.8 Å². The zero-order valence-electron chi connectivity index (χ0n) is 21.2. The van der Waals surface area contributed by atoms with Crippen LogP contribution in [0.2, 0.25) is 0 Å². The van der Waals surface area contributed by atoms with Gasteiger partial charge in [0.1, 0.15) is 30.1 Å². The Morgan fingerprint density at radius 1 is 1.11 bits per heavy atom. The van der Waals surface area contributed by atoms with Crippen molar-refractivity contribution >= 4 is 23.6 Å². The van der Waals surface area contributed by atoms with Crippen LogP contribution in [-0.4, -0.2) is 52.4 Å². The Kier molecular flexibility index (Phi) is 8.51. The molecule has 3 atom stereocenters. The second kappa shape index (κ2) is 12.2. The Labute approximate surface area is 218 Å². The van der Waals surface area contributed by atoms with Gasteiger partial charge < -0.3 is 30.2 Å². The fraction of sp³-hybridized carbons (Fsp3) is 0.385. The van der Waals surface area contributed by atoms with Gasteiger partial charge in [0.05, 0.1) is 0 Å². The molecule has 0 aliphatic carbocycles. The number of amides is 4. The lowest BCUT2D eigenvalue weighted by Gasteiger charge is -2.21. The van der Waals surface area contributed by atoms with Crippen molar-refractivity contribution in [3.63, 3.8) is 0 Å². The number of carbonyl (C=O) groups is 4. The summed E-state index contributed by atoms with van der Waals surface area (Å²) in [6.07, 6.45) is 2.87. The molecule has 12 heteroatoms. The predicted molar refractivity (Wildman–Crippen MR) is 134 cm³/mol. The lowest BCUT2D eigenvalue weighted by Crippen LogP contribution is -2.49. The molecule has 2 bridgehead atoms. The van der Waals surface area contributed by atoms with Gasteiger partial charge in [-0.05, 0) is 38.7 Å². The second-order valence-corrected chi connectivity index (χ2v) is 9.15. The minimum absolute atomic E-state index is 0.0229. The van der Waals surface area contributed by atoms with Crippen molar-refractivity contribution in [1.29, 1.82) is 0 Å². The van der Waals surface area contributed by atoms with Gasteiger partial charge in [-0.2, -0.15) is 0 Å². The minimum atomic E-state index is -0.880. The molecule has 4 rings (SSSR count). The maximum Gasteiger partial charge on any atom is 0.274 e. The topological polar surface area (TPSA) is 168 Å². The maximum absolute atomic E-state index is 13.1. The summed E-state index contributed by atoms with van der Waals surface area (Å²) in [5.74, 6) is -1.33. The number of hydrogen-bond donors (Lipinski definition) is 4. The number of hydrogen-bond acceptors (Lipinski definition) is 8. The van der Waals surface area contributed by atoms with Crippen LogP contribution in [0, 0.1) is 6.92 Å². The van der Waals surface area contributed by atoms with Gasteiger partial charge in [0.2, 0.25) is 17.7 Å². The lowest BCUT2D eigenvalue weighted by atomic mass is 10.0. The average Bonchev–Trinajstić information content (AvgIpc) is 3.57. The molecule has 38 heavy (non-hydrogen) atoms. The molecule has 0 fully saturated rings. The van der Waals surface area contributed by atoms with Crippen molar-refractivity contribution in [2.45, 2.75) is 57.7 Å². The Balaban J connectivity index is 1.52. The van der Waals surface area contributed by atoms with Crippen LogP contribution in [0.25, 0.3) is 0 Å². The molecule has 1 aliphatic heterocycles. The number of fused-ring (bicyclic) bond motifs is 2. The van der Waals surface area contributed by atoms with Crippen LogP contribution < -0.4 is 21.3 Å². The van der Waals surface area contributed by atoms with Crippen molar-refractivity contribution in [3.8, 4) is 0 Å². The molecule has 12 nitrogen and oxygen atoms in total. The first kappa shape index (κ1) is 26.6. The van der Waals surface area contributed by atoms with Gasteiger partial charge in [-0.25, -0.2) is 4.98 Å². The molecule has 0 spiro atoms. The zero-order chi connectivity index (χ0) is 27.1. The van der Waals surface area contributed by atoms with Crippen LogP contribution in [0.1, 0.15) is 70.4 Å². The quantitative estimate of drug-likeness (QED) is 0.400. The number of aryl methyl sites for hydroxylation is 1. The summed E-state index contributed by atoms with van der Waals surface area (Å²) >= 11 is 0. The number of rotatable bonds is 4. The Hall–Kier alpha value is -4.48. The van der Waals surface area contributed by atoms with E-state index < -0.39 is 35.8 Å². The minimum Gasteiger partial charge on any atom is -0.446 e. The van der Waals surface area contributed by atoms with E-state index in [-0.39, 0.29) is 23.2 Å². The van der Waals surface area contributed by atoms with Gasteiger partial charge in [0.25, 0.3) is 11.8 Å². The fourth-order valence-corrected chi connectivity index (χ4v) is 4.04. The number of nitrogens with one attached hydrogen (secondary N) is 4. The summed E-state index contributed by atoms with van der Waals surface area (Å²) in [4.78, 5) is 55.8. The van der Waals surface area contributed by atoms with Gasteiger partial charge >= 0.3 is 0 Å². The average molecular weight is 523 g/mol. The molecule has 4 amide bonds. The second-order valence-electron chi connectivity index (χ2n) is 9.15. The highest BCUT2D eigenvalue weighted by atomic mass is 16.5. The molecule has 3 aromatic rings. The summed E-state index contributed by atoms with van der Waals surface area (Å²) in [5.41, 5.74) is 0.932. The molecular weight excluding hydrogens is 492 g/mol. The largest absolute Gasteiger partial charge is 0.446 e. The van der Waals surface area contributed by atoms with Gasteiger partial charge in [-0.15, -0.1) is 0 Å². The SMILES string of the molecule is Cc1cc(C(=O)N[C@H]2CCCCNC(=O)[C@H](Cc3ccccc3)NC(=O)c3coc(n3)[C@H](C)NC2=O)no1. The Bertz CT molecular complexity index is 1290. The van der Waals surface area contributed by atoms with Crippen LogP contribution in [-0.2, 0) is 16.0 Å². The van der Waals surface area contributed by atoms with Crippen LogP contribution >= 0.6 is 0 Å². The van der Waals surface area contributed by atoms with E-state index in [9.17, 15) is 19.2 Å². The molecule has 2 aromatic heterocycles. The third-order valence-corrected chi connectivity index (χ3v) is 6.09. The lowest BCUT2D eigenvalue weighted by molar-refractivity contribution is -0.124. The van der Waals surface area contributed by atoms with E-state index >= 15 is 0 Å². The third-order valence-electron chi connectivity index (χ3n) is 6.09. The highest BCUT2D eigenvalue weighted by molar-refractivity contribution is 5.97. The molecule has 4 N–H and O–H groups in total. The number of oxazole rings is 1. The summed E-state index contributed by atoms with van der Waals surface area (Å²) in [7, 11) is 0. The van der Waals surface area contributed by atoms with E-state index in [4.69, 9.17) is 8.94 Å². The van der Waals surface area contributed by atoms with Crippen LogP contribution in [0.15, 0.2) is 51.6 Å². The highest BCUT2D eigenvalue weighted by Crippen LogP contribution is 2.14. The molecule has 1 aliphatic rings. The van der Waals surface area contributed by atoms with Crippen molar-refractivity contribution in [3.05, 3.63) is 71.3 Å². The van der Waals surface area contributed by atoms with E-state index in [2.05, 4.69) is 31.4 Å². The Morgan fingerprint density at radius 3 is 2.63 bits per heavy atom. The summed E-state index contributed by atoms with van der Waals surface area (Å²) in [6, 6.07) is 8.45. The standard InChI is InChI=1S/C26H30N6O6/c1-15-12-20(32-38-15)24(35)29-18-10-6-7-11-27-22(33)19(13-17-8-4-3-5-9-17)30-25(36)21-14-37-26(31-21)16(2)28-23(18)34/h3-5,8-9,12,14,16,18-19H,6-7,10-11,13H2,1-2H3,(H,27,33)(H,28,34)(H,29,35)(H,30,36)/t16-,18-,19-/m0/s1. The smallest absolute Gasteiger partial charge is 0.274 e. The van der Waals surface area contributed by atoms with Crippen molar-refractivity contribution < 1.29 is 28.1 Å². The summed E-state index contributed by atoms with van der Waals surface area (Å²) < 4.78 is 10.4. The predicted octanol–water partition coefficient (Wildman–Crippen LogP) is 1.59. The molecule has 3 heterocycles. The van der Waals surface area contributed by atoms with Crippen LogP contribution in [0.4, 0.5) is 0 Å². The van der Waals surface area contributed by atoms with Crippen molar-refractivity contribution in [1.82, 2.24) is 31.4 Å².